The van der Waals surface area contributed by atoms with Crippen molar-refractivity contribution in [2.75, 3.05) is 5.32 Å². The number of aryl methyl sites for hydroxylation is 2. The zero-order chi connectivity index (χ0) is 12.1. The van der Waals surface area contributed by atoms with Crippen molar-refractivity contribution in [1.29, 1.82) is 0 Å². The Morgan fingerprint density at radius 3 is 2.81 bits per heavy atom. The minimum atomic E-state index is 0.437. The van der Waals surface area contributed by atoms with Gasteiger partial charge in [0.05, 0.1) is 11.4 Å². The number of hydrogen-bond donors (Lipinski definition) is 1. The van der Waals surface area contributed by atoms with Gasteiger partial charge in [-0.15, -0.1) is 6.58 Å². The van der Waals surface area contributed by atoms with E-state index in [0.717, 1.165) is 24.2 Å². The van der Waals surface area contributed by atoms with E-state index in [1.54, 1.807) is 0 Å². The molecule has 1 aromatic rings. The van der Waals surface area contributed by atoms with E-state index >= 15 is 0 Å². The Kier molecular flexibility index (Phi) is 4.59. The molecule has 0 saturated carbocycles. The highest BCUT2D eigenvalue weighted by molar-refractivity contribution is 5.47. The molecule has 90 valence electrons. The lowest BCUT2D eigenvalue weighted by atomic mass is 9.99. The molecular weight excluding hydrogens is 198 g/mol. The fourth-order valence-electron chi connectivity index (χ4n) is 1.77. The van der Waals surface area contributed by atoms with Crippen LogP contribution in [0.5, 0.6) is 0 Å². The molecule has 3 heteroatoms. The Labute approximate surface area is 98.5 Å². The number of rotatable bonds is 6. The maximum atomic E-state index is 4.42. The maximum absolute atomic E-state index is 4.42. The number of anilines is 1. The van der Waals surface area contributed by atoms with Crippen molar-refractivity contribution in [2.24, 2.45) is 13.0 Å². The van der Waals surface area contributed by atoms with Gasteiger partial charge >= 0.3 is 0 Å². The topological polar surface area (TPSA) is 29.9 Å². The van der Waals surface area contributed by atoms with Crippen molar-refractivity contribution in [3.8, 4) is 0 Å². The van der Waals surface area contributed by atoms with Crippen molar-refractivity contribution in [3.63, 3.8) is 0 Å². The highest BCUT2D eigenvalue weighted by Gasteiger charge is 2.13. The fourth-order valence-corrected chi connectivity index (χ4v) is 1.77. The molecule has 0 aliphatic carbocycles. The molecule has 0 aliphatic heterocycles. The summed E-state index contributed by atoms with van der Waals surface area (Å²) in [4.78, 5) is 0. The first kappa shape index (κ1) is 12.8. The average Bonchev–Trinajstić information content (AvgIpc) is 2.59. The predicted octanol–water partition coefficient (Wildman–Crippen LogP) is 3.00. The van der Waals surface area contributed by atoms with Crippen LogP contribution >= 0.6 is 0 Å². The molecule has 1 rings (SSSR count). The smallest absolute Gasteiger partial charge is 0.0853 e. The second kappa shape index (κ2) is 5.73. The van der Waals surface area contributed by atoms with Crippen LogP contribution in [-0.4, -0.2) is 15.8 Å². The summed E-state index contributed by atoms with van der Waals surface area (Å²) in [5, 5.41) is 7.96. The van der Waals surface area contributed by atoms with Crippen LogP contribution in [0.3, 0.4) is 0 Å². The minimum absolute atomic E-state index is 0.437. The van der Waals surface area contributed by atoms with Gasteiger partial charge in [-0.3, -0.25) is 4.68 Å². The third kappa shape index (κ3) is 3.12. The van der Waals surface area contributed by atoms with Gasteiger partial charge in [0.1, 0.15) is 0 Å². The predicted molar refractivity (Wildman–Crippen MR) is 69.6 cm³/mol. The third-order valence-electron chi connectivity index (χ3n) is 3.02. The van der Waals surface area contributed by atoms with Gasteiger partial charge < -0.3 is 5.32 Å². The standard InChI is InChI=1S/C13H23N3/c1-6-8-10(3)11(4)14-13-9-16(5)15-12(13)7-2/h6,9-11,14H,1,7-8H2,2-5H3. The van der Waals surface area contributed by atoms with Crippen LogP contribution in [0.1, 0.15) is 32.9 Å². The Hall–Kier alpha value is -1.25. The highest BCUT2D eigenvalue weighted by atomic mass is 15.3. The number of nitrogens with zero attached hydrogens (tertiary/aromatic N) is 2. The minimum Gasteiger partial charge on any atom is -0.380 e. The summed E-state index contributed by atoms with van der Waals surface area (Å²) >= 11 is 0. The normalized spacial score (nSPS) is 14.5. The van der Waals surface area contributed by atoms with Gasteiger partial charge in [-0.25, -0.2) is 0 Å². The van der Waals surface area contributed by atoms with Crippen LogP contribution in [0.4, 0.5) is 5.69 Å². The summed E-state index contributed by atoms with van der Waals surface area (Å²) in [6, 6.07) is 0.437. The van der Waals surface area contributed by atoms with Gasteiger partial charge in [-0.05, 0) is 25.7 Å². The SMILES string of the molecule is C=CCC(C)C(C)Nc1cn(C)nc1CC. The van der Waals surface area contributed by atoms with Crippen molar-refractivity contribution in [2.45, 2.75) is 39.7 Å². The maximum Gasteiger partial charge on any atom is 0.0853 e. The lowest BCUT2D eigenvalue weighted by Gasteiger charge is -2.20. The van der Waals surface area contributed by atoms with Crippen LogP contribution in [0.25, 0.3) is 0 Å². The summed E-state index contributed by atoms with van der Waals surface area (Å²) in [5.41, 5.74) is 2.30. The number of aromatic nitrogens is 2. The van der Waals surface area contributed by atoms with Gasteiger partial charge in [0, 0.05) is 19.3 Å². The molecule has 16 heavy (non-hydrogen) atoms. The Balaban J connectivity index is 2.67. The van der Waals surface area contributed by atoms with Crippen LogP contribution in [0, 0.1) is 5.92 Å². The summed E-state index contributed by atoms with van der Waals surface area (Å²) in [5.74, 6) is 0.586. The molecule has 1 N–H and O–H groups in total. The molecule has 0 bridgehead atoms. The molecule has 0 spiro atoms. The zero-order valence-electron chi connectivity index (χ0n) is 10.8. The summed E-state index contributed by atoms with van der Waals surface area (Å²) in [7, 11) is 1.96. The van der Waals surface area contributed by atoms with Crippen LogP contribution in [0.15, 0.2) is 18.9 Å². The largest absolute Gasteiger partial charge is 0.380 e. The van der Waals surface area contributed by atoms with E-state index in [0.29, 0.717) is 12.0 Å². The lowest BCUT2D eigenvalue weighted by Crippen LogP contribution is -2.23. The molecule has 2 unspecified atom stereocenters. The Morgan fingerprint density at radius 1 is 1.56 bits per heavy atom. The van der Waals surface area contributed by atoms with Gasteiger partial charge in [0.2, 0.25) is 0 Å². The second-order valence-electron chi connectivity index (χ2n) is 4.45. The molecule has 0 radical (unpaired) electrons. The van der Waals surface area contributed by atoms with E-state index in [1.807, 2.05) is 17.8 Å². The molecule has 2 atom stereocenters. The van der Waals surface area contributed by atoms with Gasteiger partial charge in [0.25, 0.3) is 0 Å². The van der Waals surface area contributed by atoms with E-state index in [9.17, 15) is 0 Å². The number of nitrogens with one attached hydrogen (secondary N) is 1. The summed E-state index contributed by atoms with van der Waals surface area (Å²) in [6.07, 6.45) is 6.03. The van der Waals surface area contributed by atoms with E-state index in [-0.39, 0.29) is 0 Å². The molecule has 1 aromatic heterocycles. The molecule has 0 saturated heterocycles. The quantitative estimate of drug-likeness (QED) is 0.748. The van der Waals surface area contributed by atoms with Crippen LogP contribution in [-0.2, 0) is 13.5 Å². The van der Waals surface area contributed by atoms with Crippen molar-refractivity contribution < 1.29 is 0 Å². The monoisotopic (exact) mass is 221 g/mol. The average molecular weight is 221 g/mol. The van der Waals surface area contributed by atoms with Crippen molar-refractivity contribution in [3.05, 3.63) is 24.5 Å². The summed E-state index contributed by atoms with van der Waals surface area (Å²) < 4.78 is 1.87. The fraction of sp³-hybridized carbons (Fsp3) is 0.615. The molecule has 0 amide bonds. The van der Waals surface area contributed by atoms with E-state index < -0.39 is 0 Å². The van der Waals surface area contributed by atoms with Gasteiger partial charge in [0.15, 0.2) is 0 Å². The number of hydrogen-bond acceptors (Lipinski definition) is 2. The Morgan fingerprint density at radius 2 is 2.25 bits per heavy atom. The van der Waals surface area contributed by atoms with Crippen molar-refractivity contribution >= 4 is 5.69 Å². The summed E-state index contributed by atoms with van der Waals surface area (Å²) in [6.45, 7) is 10.4. The second-order valence-corrected chi connectivity index (χ2v) is 4.45. The molecule has 0 fully saturated rings. The number of allylic oxidation sites excluding steroid dienone is 1. The zero-order valence-corrected chi connectivity index (χ0v) is 10.8. The lowest BCUT2D eigenvalue weighted by molar-refractivity contribution is 0.517. The first-order chi connectivity index (χ1) is 7.58. The molecular formula is C13H23N3. The third-order valence-corrected chi connectivity index (χ3v) is 3.02. The highest BCUT2D eigenvalue weighted by Crippen LogP contribution is 2.18. The molecule has 1 heterocycles. The first-order valence-corrected chi connectivity index (χ1v) is 5.98. The molecule has 3 nitrogen and oxygen atoms in total. The van der Waals surface area contributed by atoms with E-state index in [2.05, 4.69) is 44.0 Å². The van der Waals surface area contributed by atoms with Gasteiger partial charge in [-0.2, -0.15) is 5.10 Å². The van der Waals surface area contributed by atoms with E-state index in [4.69, 9.17) is 0 Å². The van der Waals surface area contributed by atoms with Crippen LogP contribution < -0.4 is 5.32 Å². The van der Waals surface area contributed by atoms with Crippen molar-refractivity contribution in [1.82, 2.24) is 9.78 Å². The van der Waals surface area contributed by atoms with Crippen LogP contribution in [0.2, 0.25) is 0 Å². The molecule has 0 aromatic carbocycles. The van der Waals surface area contributed by atoms with E-state index in [1.165, 1.54) is 0 Å². The Bertz CT molecular complexity index is 341. The molecule has 0 aliphatic rings. The first-order valence-electron chi connectivity index (χ1n) is 5.98. The van der Waals surface area contributed by atoms with Gasteiger partial charge in [-0.1, -0.05) is 19.9 Å².